The standard InChI is InChI=1S/C17H14ClN3O4/c1-9-4-5-12(8-15(9)21(22)23)7-14(18)17-20-19-16(25-17)13-6-10(2)24-11(13)3/h4-8H,1-3H3/b14-7-. The summed E-state index contributed by atoms with van der Waals surface area (Å²) in [5, 5.41) is 19.1. The highest BCUT2D eigenvalue weighted by atomic mass is 35.5. The van der Waals surface area contributed by atoms with E-state index >= 15 is 0 Å². The Morgan fingerprint density at radius 3 is 2.60 bits per heavy atom. The molecule has 2 aromatic heterocycles. The van der Waals surface area contributed by atoms with Gasteiger partial charge in [0.25, 0.3) is 17.5 Å². The summed E-state index contributed by atoms with van der Waals surface area (Å²) in [5.41, 5.74) is 1.86. The van der Waals surface area contributed by atoms with E-state index in [-0.39, 0.29) is 16.6 Å². The number of nitrogens with zero attached hydrogens (tertiary/aromatic N) is 3. The molecule has 0 fully saturated rings. The van der Waals surface area contributed by atoms with Crippen LogP contribution >= 0.6 is 11.6 Å². The van der Waals surface area contributed by atoms with Crippen molar-refractivity contribution in [3.63, 3.8) is 0 Å². The molecule has 2 heterocycles. The number of nitro groups is 1. The molecule has 0 bridgehead atoms. The first-order valence-corrected chi connectivity index (χ1v) is 7.76. The van der Waals surface area contributed by atoms with E-state index in [0.29, 0.717) is 28.3 Å². The second-order valence-corrected chi connectivity index (χ2v) is 5.94. The van der Waals surface area contributed by atoms with E-state index < -0.39 is 4.92 Å². The van der Waals surface area contributed by atoms with Gasteiger partial charge < -0.3 is 8.83 Å². The number of aryl methyl sites for hydroxylation is 3. The lowest BCUT2D eigenvalue weighted by Crippen LogP contribution is -1.92. The van der Waals surface area contributed by atoms with E-state index in [9.17, 15) is 10.1 Å². The van der Waals surface area contributed by atoms with Crippen molar-refractivity contribution >= 4 is 28.4 Å². The Labute approximate surface area is 148 Å². The van der Waals surface area contributed by atoms with E-state index in [0.717, 1.165) is 5.76 Å². The Hall–Kier alpha value is -2.93. The highest BCUT2D eigenvalue weighted by Gasteiger charge is 2.16. The number of hydrogen-bond donors (Lipinski definition) is 0. The summed E-state index contributed by atoms with van der Waals surface area (Å²) < 4.78 is 11.0. The summed E-state index contributed by atoms with van der Waals surface area (Å²) in [6.07, 6.45) is 1.54. The number of benzene rings is 1. The van der Waals surface area contributed by atoms with Crippen LogP contribution in [0.2, 0.25) is 0 Å². The van der Waals surface area contributed by atoms with Crippen LogP contribution in [0.25, 0.3) is 22.6 Å². The smallest absolute Gasteiger partial charge is 0.272 e. The molecule has 0 aliphatic rings. The van der Waals surface area contributed by atoms with Gasteiger partial charge in [0.2, 0.25) is 0 Å². The zero-order chi connectivity index (χ0) is 18.1. The molecule has 0 amide bonds. The van der Waals surface area contributed by atoms with Crippen LogP contribution in [0, 0.1) is 30.9 Å². The molecule has 128 valence electrons. The molecule has 0 radical (unpaired) electrons. The zero-order valence-corrected chi connectivity index (χ0v) is 14.5. The van der Waals surface area contributed by atoms with Gasteiger partial charge in [-0.2, -0.15) is 0 Å². The average molecular weight is 360 g/mol. The van der Waals surface area contributed by atoms with Gasteiger partial charge in [-0.05, 0) is 38.5 Å². The second kappa shape index (κ2) is 6.52. The van der Waals surface area contributed by atoms with Crippen molar-refractivity contribution in [2.45, 2.75) is 20.8 Å². The lowest BCUT2D eigenvalue weighted by atomic mass is 10.1. The largest absolute Gasteiger partial charge is 0.466 e. The van der Waals surface area contributed by atoms with Crippen molar-refractivity contribution in [1.29, 1.82) is 0 Å². The molecule has 1 aromatic carbocycles. The van der Waals surface area contributed by atoms with Crippen molar-refractivity contribution in [2.24, 2.45) is 0 Å². The molecule has 7 nitrogen and oxygen atoms in total. The summed E-state index contributed by atoms with van der Waals surface area (Å²) in [4.78, 5) is 10.6. The molecule has 25 heavy (non-hydrogen) atoms. The van der Waals surface area contributed by atoms with Gasteiger partial charge in [-0.3, -0.25) is 10.1 Å². The zero-order valence-electron chi connectivity index (χ0n) is 13.7. The summed E-state index contributed by atoms with van der Waals surface area (Å²) in [6.45, 7) is 5.30. The molecule has 0 atom stereocenters. The molecule has 0 unspecified atom stereocenters. The van der Waals surface area contributed by atoms with Gasteiger partial charge in [-0.25, -0.2) is 0 Å². The van der Waals surface area contributed by atoms with Gasteiger partial charge in [0.1, 0.15) is 16.6 Å². The molecule has 0 aliphatic carbocycles. The Bertz CT molecular complexity index is 988. The van der Waals surface area contributed by atoms with Crippen LogP contribution < -0.4 is 0 Å². The van der Waals surface area contributed by atoms with Crippen LogP contribution in [0.1, 0.15) is 28.5 Å². The molecule has 0 saturated heterocycles. The summed E-state index contributed by atoms with van der Waals surface area (Å²) >= 11 is 6.23. The minimum atomic E-state index is -0.435. The van der Waals surface area contributed by atoms with E-state index in [2.05, 4.69) is 10.2 Å². The first-order valence-electron chi connectivity index (χ1n) is 7.38. The van der Waals surface area contributed by atoms with E-state index in [1.54, 1.807) is 38.1 Å². The highest BCUT2D eigenvalue weighted by Crippen LogP contribution is 2.29. The maximum absolute atomic E-state index is 11.0. The van der Waals surface area contributed by atoms with Crippen LogP contribution in [0.5, 0.6) is 0 Å². The maximum atomic E-state index is 11.0. The fraction of sp³-hybridized carbons (Fsp3) is 0.176. The topological polar surface area (TPSA) is 95.2 Å². The second-order valence-electron chi connectivity index (χ2n) is 5.53. The first kappa shape index (κ1) is 16.9. The normalized spacial score (nSPS) is 11.8. The van der Waals surface area contributed by atoms with Crippen molar-refractivity contribution in [2.75, 3.05) is 0 Å². The van der Waals surface area contributed by atoms with E-state index in [1.165, 1.54) is 6.07 Å². The molecule has 0 spiro atoms. The predicted octanol–water partition coefficient (Wildman–Crippen LogP) is 4.90. The first-order chi connectivity index (χ1) is 11.8. The summed E-state index contributed by atoms with van der Waals surface area (Å²) in [6, 6.07) is 6.63. The van der Waals surface area contributed by atoms with E-state index in [1.807, 2.05) is 6.92 Å². The quantitative estimate of drug-likeness (QED) is 0.485. The monoisotopic (exact) mass is 359 g/mol. The number of aromatic nitrogens is 2. The fourth-order valence-corrected chi connectivity index (χ4v) is 2.60. The van der Waals surface area contributed by atoms with E-state index in [4.69, 9.17) is 20.4 Å². The number of halogens is 1. The van der Waals surface area contributed by atoms with Gasteiger partial charge in [-0.15, -0.1) is 10.2 Å². The summed E-state index contributed by atoms with van der Waals surface area (Å²) in [7, 11) is 0. The third-order valence-electron chi connectivity index (χ3n) is 3.62. The van der Waals surface area contributed by atoms with Crippen LogP contribution in [0.15, 0.2) is 33.1 Å². The Morgan fingerprint density at radius 1 is 1.20 bits per heavy atom. The molecule has 3 aromatic rings. The number of hydrogen-bond acceptors (Lipinski definition) is 6. The molecule has 3 rings (SSSR count). The summed E-state index contributed by atoms with van der Waals surface area (Å²) in [5.74, 6) is 1.83. The van der Waals surface area contributed by atoms with Crippen molar-refractivity contribution in [3.8, 4) is 11.5 Å². The SMILES string of the molecule is Cc1cc(-c2nnc(/C(Cl)=C/c3ccc(C)c([N+](=O)[O-])c3)o2)c(C)o1. The average Bonchev–Trinajstić information content (AvgIpc) is 3.15. The Balaban J connectivity index is 1.92. The highest BCUT2D eigenvalue weighted by molar-refractivity contribution is 6.50. The molecule has 0 aliphatic heterocycles. The van der Waals surface area contributed by atoms with Gasteiger partial charge in [0.15, 0.2) is 0 Å². The molecule has 8 heteroatoms. The number of rotatable bonds is 4. The Morgan fingerprint density at radius 2 is 1.96 bits per heavy atom. The number of nitro benzene ring substituents is 1. The van der Waals surface area contributed by atoms with Crippen molar-refractivity contribution in [1.82, 2.24) is 10.2 Å². The van der Waals surface area contributed by atoms with Crippen molar-refractivity contribution < 1.29 is 13.8 Å². The van der Waals surface area contributed by atoms with Crippen LogP contribution in [0.4, 0.5) is 5.69 Å². The minimum absolute atomic E-state index is 0.0222. The van der Waals surface area contributed by atoms with Gasteiger partial charge in [0.05, 0.1) is 10.5 Å². The van der Waals surface area contributed by atoms with Gasteiger partial charge >= 0.3 is 0 Å². The minimum Gasteiger partial charge on any atom is -0.466 e. The lowest BCUT2D eigenvalue weighted by molar-refractivity contribution is -0.385. The Kier molecular flexibility index (Phi) is 4.41. The number of furan rings is 1. The maximum Gasteiger partial charge on any atom is 0.272 e. The van der Waals surface area contributed by atoms with Crippen LogP contribution in [0.3, 0.4) is 0 Å². The molecule has 0 saturated carbocycles. The van der Waals surface area contributed by atoms with Crippen LogP contribution in [-0.2, 0) is 0 Å². The van der Waals surface area contributed by atoms with Gasteiger partial charge in [0, 0.05) is 11.6 Å². The molecular formula is C17H14ClN3O4. The molecule has 0 N–H and O–H groups in total. The van der Waals surface area contributed by atoms with Gasteiger partial charge in [-0.1, -0.05) is 23.7 Å². The van der Waals surface area contributed by atoms with Crippen molar-refractivity contribution in [3.05, 3.63) is 62.9 Å². The van der Waals surface area contributed by atoms with Crippen LogP contribution in [-0.4, -0.2) is 15.1 Å². The third kappa shape index (κ3) is 3.46. The molecular weight excluding hydrogens is 346 g/mol. The predicted molar refractivity (Wildman–Crippen MR) is 93.0 cm³/mol. The third-order valence-corrected chi connectivity index (χ3v) is 3.89. The fourth-order valence-electron chi connectivity index (χ4n) is 2.39. The lowest BCUT2D eigenvalue weighted by Gasteiger charge is -1.99.